The molecule has 1 nitrogen and oxygen atoms in total. The first-order valence-electron chi connectivity index (χ1n) is 8.40. The lowest BCUT2D eigenvalue weighted by Crippen LogP contribution is -2.31. The van der Waals surface area contributed by atoms with Gasteiger partial charge in [-0.2, -0.15) is 0 Å². The van der Waals surface area contributed by atoms with Crippen LogP contribution in [0.3, 0.4) is 0 Å². The lowest BCUT2D eigenvalue weighted by molar-refractivity contribution is 0.118. The van der Waals surface area contributed by atoms with Crippen molar-refractivity contribution in [3.05, 3.63) is 35.9 Å². The molecule has 1 aromatic rings. The summed E-state index contributed by atoms with van der Waals surface area (Å²) < 4.78 is 0. The van der Waals surface area contributed by atoms with Crippen LogP contribution in [0.1, 0.15) is 72.3 Å². The van der Waals surface area contributed by atoms with Crippen LogP contribution in [0.15, 0.2) is 30.3 Å². The predicted octanol–water partition coefficient (Wildman–Crippen LogP) is 5.64. The Morgan fingerprint density at radius 3 is 2.05 bits per heavy atom. The van der Waals surface area contributed by atoms with Crippen molar-refractivity contribution in [2.24, 2.45) is 16.7 Å². The second-order valence-corrected chi connectivity index (χ2v) is 7.93. The van der Waals surface area contributed by atoms with Gasteiger partial charge in [0.15, 0.2) is 0 Å². The third kappa shape index (κ3) is 4.85. The SMILES string of the molecule is CCC(C)C(C)(C)CC(c1ccccc1)C(C)(C)CCO. The van der Waals surface area contributed by atoms with Gasteiger partial charge in [0.1, 0.15) is 0 Å². The largest absolute Gasteiger partial charge is 0.396 e. The van der Waals surface area contributed by atoms with E-state index in [4.69, 9.17) is 0 Å². The Kier molecular flexibility index (Phi) is 6.46. The van der Waals surface area contributed by atoms with E-state index < -0.39 is 0 Å². The average molecular weight is 290 g/mol. The van der Waals surface area contributed by atoms with Crippen molar-refractivity contribution in [2.75, 3.05) is 6.61 Å². The Labute approximate surface area is 131 Å². The van der Waals surface area contributed by atoms with Gasteiger partial charge in [0.25, 0.3) is 0 Å². The molecule has 2 unspecified atom stereocenters. The van der Waals surface area contributed by atoms with Gasteiger partial charge in [-0.3, -0.25) is 0 Å². The molecule has 0 amide bonds. The van der Waals surface area contributed by atoms with Crippen LogP contribution in [-0.2, 0) is 0 Å². The number of hydrogen-bond acceptors (Lipinski definition) is 1. The minimum Gasteiger partial charge on any atom is -0.396 e. The van der Waals surface area contributed by atoms with E-state index in [-0.39, 0.29) is 12.0 Å². The van der Waals surface area contributed by atoms with Gasteiger partial charge in [-0.1, -0.05) is 78.3 Å². The van der Waals surface area contributed by atoms with Crippen molar-refractivity contribution < 1.29 is 5.11 Å². The molecule has 0 spiro atoms. The minimum absolute atomic E-state index is 0.112. The summed E-state index contributed by atoms with van der Waals surface area (Å²) in [6.07, 6.45) is 3.23. The van der Waals surface area contributed by atoms with E-state index in [9.17, 15) is 5.11 Å². The lowest BCUT2D eigenvalue weighted by Gasteiger charge is -2.42. The van der Waals surface area contributed by atoms with E-state index >= 15 is 0 Å². The normalized spacial score (nSPS) is 15.8. The minimum atomic E-state index is 0.112. The number of aliphatic hydroxyl groups excluding tert-OH is 1. The molecule has 0 aliphatic carbocycles. The fraction of sp³-hybridized carbons (Fsp3) is 0.700. The highest BCUT2D eigenvalue weighted by atomic mass is 16.3. The molecule has 1 rings (SSSR count). The molecule has 120 valence electrons. The number of hydrogen-bond donors (Lipinski definition) is 1. The lowest BCUT2D eigenvalue weighted by atomic mass is 9.63. The predicted molar refractivity (Wildman–Crippen MR) is 92.5 cm³/mol. The van der Waals surface area contributed by atoms with Crippen LogP contribution in [0.2, 0.25) is 0 Å². The first-order chi connectivity index (χ1) is 9.74. The number of rotatable bonds is 8. The molecule has 0 aliphatic rings. The molecule has 1 N–H and O–H groups in total. The number of benzene rings is 1. The Hall–Kier alpha value is -0.820. The van der Waals surface area contributed by atoms with Gasteiger partial charge in [0.2, 0.25) is 0 Å². The Morgan fingerprint density at radius 1 is 1.00 bits per heavy atom. The first-order valence-corrected chi connectivity index (χ1v) is 8.40. The van der Waals surface area contributed by atoms with Crippen LogP contribution < -0.4 is 0 Å². The second kappa shape index (κ2) is 7.45. The highest BCUT2D eigenvalue weighted by molar-refractivity contribution is 5.22. The fourth-order valence-corrected chi connectivity index (χ4v) is 3.27. The summed E-state index contributed by atoms with van der Waals surface area (Å²) in [5.74, 6) is 1.18. The third-order valence-electron chi connectivity index (χ3n) is 5.58. The zero-order chi connectivity index (χ0) is 16.1. The van der Waals surface area contributed by atoms with Gasteiger partial charge in [-0.15, -0.1) is 0 Å². The molecule has 21 heavy (non-hydrogen) atoms. The molecule has 1 aromatic carbocycles. The summed E-state index contributed by atoms with van der Waals surface area (Å²) in [7, 11) is 0. The molecular weight excluding hydrogens is 256 g/mol. The molecule has 0 fully saturated rings. The van der Waals surface area contributed by atoms with Crippen LogP contribution in [0, 0.1) is 16.7 Å². The Morgan fingerprint density at radius 2 is 1.57 bits per heavy atom. The molecule has 0 aliphatic heterocycles. The smallest absolute Gasteiger partial charge is 0.0436 e. The highest BCUT2D eigenvalue weighted by Gasteiger charge is 2.36. The summed E-state index contributed by atoms with van der Waals surface area (Å²) in [6.45, 7) is 14.3. The first kappa shape index (κ1) is 18.2. The molecular formula is C20H34O. The quantitative estimate of drug-likeness (QED) is 0.656. The van der Waals surface area contributed by atoms with Gasteiger partial charge in [-0.05, 0) is 41.1 Å². The maximum atomic E-state index is 9.45. The molecule has 0 saturated heterocycles. The molecule has 1 heteroatoms. The van der Waals surface area contributed by atoms with E-state index in [1.165, 1.54) is 18.4 Å². The number of aliphatic hydroxyl groups is 1. The van der Waals surface area contributed by atoms with Crippen LogP contribution >= 0.6 is 0 Å². The zero-order valence-corrected chi connectivity index (χ0v) is 14.8. The van der Waals surface area contributed by atoms with Crippen molar-refractivity contribution in [2.45, 2.75) is 66.7 Å². The van der Waals surface area contributed by atoms with E-state index in [2.05, 4.69) is 71.9 Å². The molecule has 2 atom stereocenters. The molecule has 0 heterocycles. The van der Waals surface area contributed by atoms with Gasteiger partial charge in [0, 0.05) is 6.61 Å². The standard InChI is InChI=1S/C20H34O/c1-7-16(2)20(5,6)15-18(19(3,4)13-14-21)17-11-9-8-10-12-17/h8-12,16,18,21H,7,13-15H2,1-6H3. The van der Waals surface area contributed by atoms with Crippen LogP contribution in [-0.4, -0.2) is 11.7 Å². The average Bonchev–Trinajstić information content (AvgIpc) is 2.44. The van der Waals surface area contributed by atoms with Crippen LogP contribution in [0.5, 0.6) is 0 Å². The maximum absolute atomic E-state index is 9.45. The van der Waals surface area contributed by atoms with Gasteiger partial charge in [0.05, 0.1) is 0 Å². The van der Waals surface area contributed by atoms with E-state index in [1.54, 1.807) is 0 Å². The molecule has 0 aromatic heterocycles. The summed E-state index contributed by atoms with van der Waals surface area (Å²) in [6, 6.07) is 10.8. The van der Waals surface area contributed by atoms with Crippen molar-refractivity contribution in [1.82, 2.24) is 0 Å². The van der Waals surface area contributed by atoms with Gasteiger partial charge in [-0.25, -0.2) is 0 Å². The maximum Gasteiger partial charge on any atom is 0.0436 e. The van der Waals surface area contributed by atoms with Crippen molar-refractivity contribution in [3.63, 3.8) is 0 Å². The van der Waals surface area contributed by atoms with Crippen LogP contribution in [0.25, 0.3) is 0 Å². The van der Waals surface area contributed by atoms with E-state index in [1.807, 2.05) is 0 Å². The summed E-state index contributed by atoms with van der Waals surface area (Å²) in [5.41, 5.74) is 1.83. The van der Waals surface area contributed by atoms with Gasteiger partial charge >= 0.3 is 0 Å². The summed E-state index contributed by atoms with van der Waals surface area (Å²) >= 11 is 0. The van der Waals surface area contributed by atoms with Crippen LogP contribution in [0.4, 0.5) is 0 Å². The van der Waals surface area contributed by atoms with E-state index in [0.29, 0.717) is 17.3 Å². The Balaban J connectivity index is 3.09. The van der Waals surface area contributed by atoms with Crippen molar-refractivity contribution >= 4 is 0 Å². The molecule has 0 bridgehead atoms. The zero-order valence-electron chi connectivity index (χ0n) is 14.8. The summed E-state index contributed by atoms with van der Waals surface area (Å²) in [4.78, 5) is 0. The molecule has 0 saturated carbocycles. The van der Waals surface area contributed by atoms with E-state index in [0.717, 1.165) is 6.42 Å². The van der Waals surface area contributed by atoms with Crippen molar-refractivity contribution in [1.29, 1.82) is 0 Å². The Bertz CT molecular complexity index is 405. The fourth-order valence-electron chi connectivity index (χ4n) is 3.27. The van der Waals surface area contributed by atoms with Gasteiger partial charge < -0.3 is 5.11 Å². The third-order valence-corrected chi connectivity index (χ3v) is 5.58. The monoisotopic (exact) mass is 290 g/mol. The van der Waals surface area contributed by atoms with Crippen molar-refractivity contribution in [3.8, 4) is 0 Å². The molecule has 0 radical (unpaired) electrons. The topological polar surface area (TPSA) is 20.2 Å². The summed E-state index contributed by atoms with van der Waals surface area (Å²) in [5, 5.41) is 9.45. The second-order valence-electron chi connectivity index (χ2n) is 7.93. The highest BCUT2D eigenvalue weighted by Crippen LogP contribution is 2.47.